The molecule has 6 heteroatoms. The van der Waals surface area contributed by atoms with E-state index in [1.807, 2.05) is 20.8 Å². The Labute approximate surface area is 137 Å². The highest BCUT2D eigenvalue weighted by molar-refractivity contribution is 5.85. The van der Waals surface area contributed by atoms with E-state index in [9.17, 15) is 9.18 Å². The maximum Gasteiger partial charge on any atom is 0.239 e. The topological polar surface area (TPSA) is 50.4 Å². The SMILES string of the molecule is C[C@H]1OCCN[C@@H]1C(=O)NCC(C)(C)c1ccccc1F.Cl. The van der Waals surface area contributed by atoms with Gasteiger partial charge in [-0.2, -0.15) is 0 Å². The molecular weight excluding hydrogens is 307 g/mol. The normalized spacial score (nSPS) is 21.8. The third kappa shape index (κ3) is 4.41. The van der Waals surface area contributed by atoms with Crippen LogP contribution in [-0.4, -0.2) is 37.7 Å². The maximum atomic E-state index is 13.9. The molecule has 1 amide bonds. The second-order valence-electron chi connectivity index (χ2n) is 6.09. The molecule has 2 atom stereocenters. The second-order valence-corrected chi connectivity index (χ2v) is 6.09. The van der Waals surface area contributed by atoms with Crippen LogP contribution in [0.5, 0.6) is 0 Å². The fraction of sp³-hybridized carbons (Fsp3) is 0.562. The van der Waals surface area contributed by atoms with E-state index in [-0.39, 0.29) is 36.3 Å². The molecule has 4 nitrogen and oxygen atoms in total. The van der Waals surface area contributed by atoms with Crippen molar-refractivity contribution in [2.24, 2.45) is 0 Å². The van der Waals surface area contributed by atoms with Crippen molar-refractivity contribution in [2.45, 2.75) is 38.3 Å². The molecule has 0 unspecified atom stereocenters. The molecule has 0 aromatic heterocycles. The monoisotopic (exact) mass is 330 g/mol. The summed E-state index contributed by atoms with van der Waals surface area (Å²) in [7, 11) is 0. The molecule has 1 aromatic carbocycles. The summed E-state index contributed by atoms with van der Waals surface area (Å²) in [5.41, 5.74) is 0.131. The van der Waals surface area contributed by atoms with Gasteiger partial charge >= 0.3 is 0 Å². The number of hydrogen-bond donors (Lipinski definition) is 2. The van der Waals surface area contributed by atoms with Crippen molar-refractivity contribution in [1.82, 2.24) is 10.6 Å². The van der Waals surface area contributed by atoms with E-state index >= 15 is 0 Å². The van der Waals surface area contributed by atoms with Crippen LogP contribution in [0.2, 0.25) is 0 Å². The summed E-state index contributed by atoms with van der Waals surface area (Å²) >= 11 is 0. The molecule has 0 spiro atoms. The van der Waals surface area contributed by atoms with E-state index in [1.165, 1.54) is 6.07 Å². The molecule has 0 aliphatic carbocycles. The van der Waals surface area contributed by atoms with Gasteiger partial charge in [-0.1, -0.05) is 32.0 Å². The zero-order valence-corrected chi connectivity index (χ0v) is 14.0. The van der Waals surface area contributed by atoms with E-state index in [1.54, 1.807) is 18.2 Å². The first-order valence-corrected chi connectivity index (χ1v) is 7.29. The molecular formula is C16H24ClFN2O2. The lowest BCUT2D eigenvalue weighted by atomic mass is 9.84. The smallest absolute Gasteiger partial charge is 0.239 e. The molecule has 0 saturated carbocycles. The summed E-state index contributed by atoms with van der Waals surface area (Å²) in [6.07, 6.45) is -0.157. The Morgan fingerprint density at radius 3 is 2.77 bits per heavy atom. The lowest BCUT2D eigenvalue weighted by molar-refractivity contribution is -0.129. The average Bonchev–Trinajstić information content (AvgIpc) is 2.45. The van der Waals surface area contributed by atoms with Gasteiger partial charge in [0.1, 0.15) is 11.9 Å². The third-order valence-corrected chi connectivity index (χ3v) is 3.91. The Hall–Kier alpha value is -1.17. The maximum absolute atomic E-state index is 13.9. The minimum absolute atomic E-state index is 0. The predicted molar refractivity (Wildman–Crippen MR) is 86.9 cm³/mol. The Morgan fingerprint density at radius 2 is 2.14 bits per heavy atom. The molecule has 2 rings (SSSR count). The minimum Gasteiger partial charge on any atom is -0.375 e. The number of ether oxygens (including phenoxy) is 1. The average molecular weight is 331 g/mol. The van der Waals surface area contributed by atoms with Crippen LogP contribution in [0.25, 0.3) is 0 Å². The lowest BCUT2D eigenvalue weighted by Gasteiger charge is -2.31. The second kappa shape index (κ2) is 7.90. The van der Waals surface area contributed by atoms with Crippen molar-refractivity contribution in [3.63, 3.8) is 0 Å². The van der Waals surface area contributed by atoms with Crippen molar-refractivity contribution >= 4 is 18.3 Å². The molecule has 1 heterocycles. The first-order chi connectivity index (χ1) is 9.92. The molecule has 124 valence electrons. The van der Waals surface area contributed by atoms with Gasteiger partial charge in [0.05, 0.1) is 12.7 Å². The third-order valence-electron chi connectivity index (χ3n) is 3.91. The molecule has 22 heavy (non-hydrogen) atoms. The van der Waals surface area contributed by atoms with Crippen molar-refractivity contribution in [1.29, 1.82) is 0 Å². The zero-order chi connectivity index (χ0) is 15.5. The Morgan fingerprint density at radius 1 is 1.45 bits per heavy atom. The number of carbonyl (C=O) groups is 1. The highest BCUT2D eigenvalue weighted by Gasteiger charge is 2.30. The number of halogens is 2. The number of nitrogens with one attached hydrogen (secondary N) is 2. The summed E-state index contributed by atoms with van der Waals surface area (Å²) in [4.78, 5) is 12.2. The Balaban J connectivity index is 0.00000242. The fourth-order valence-electron chi connectivity index (χ4n) is 2.55. The lowest BCUT2D eigenvalue weighted by Crippen LogP contribution is -2.56. The van der Waals surface area contributed by atoms with Crippen LogP contribution in [0.15, 0.2) is 24.3 Å². The molecule has 0 radical (unpaired) electrons. The van der Waals surface area contributed by atoms with Gasteiger partial charge in [0, 0.05) is 18.5 Å². The van der Waals surface area contributed by atoms with Gasteiger partial charge in [0.15, 0.2) is 0 Å². The standard InChI is InChI=1S/C16H23FN2O2.ClH/c1-11-14(18-8-9-21-11)15(20)19-10-16(2,3)12-6-4-5-7-13(12)17;/h4-7,11,14,18H,8-10H2,1-3H3,(H,19,20);1H/t11-,14+;/m1./s1. The van der Waals surface area contributed by atoms with Crippen LogP contribution in [-0.2, 0) is 14.9 Å². The summed E-state index contributed by atoms with van der Waals surface area (Å²) in [5, 5.41) is 6.05. The van der Waals surface area contributed by atoms with E-state index in [2.05, 4.69) is 10.6 Å². The Kier molecular flexibility index (Phi) is 6.78. The number of rotatable bonds is 4. The van der Waals surface area contributed by atoms with Gasteiger partial charge in [0.25, 0.3) is 0 Å². The van der Waals surface area contributed by atoms with Gasteiger partial charge in [-0.05, 0) is 18.6 Å². The summed E-state index contributed by atoms with van der Waals surface area (Å²) in [5.74, 6) is -0.351. The van der Waals surface area contributed by atoms with Gasteiger partial charge in [0.2, 0.25) is 5.91 Å². The summed E-state index contributed by atoms with van der Waals surface area (Å²) in [6, 6.07) is 6.32. The van der Waals surface area contributed by atoms with Crippen molar-refractivity contribution in [3.8, 4) is 0 Å². The number of morpholine rings is 1. The molecule has 2 N–H and O–H groups in total. The quantitative estimate of drug-likeness (QED) is 0.888. The van der Waals surface area contributed by atoms with Crippen LogP contribution in [0.1, 0.15) is 26.3 Å². The van der Waals surface area contributed by atoms with Gasteiger partial charge in [-0.15, -0.1) is 12.4 Å². The molecule has 0 bridgehead atoms. The highest BCUT2D eigenvalue weighted by atomic mass is 35.5. The van der Waals surface area contributed by atoms with Crippen molar-refractivity contribution < 1.29 is 13.9 Å². The van der Waals surface area contributed by atoms with Gasteiger partial charge in [-0.25, -0.2) is 4.39 Å². The largest absolute Gasteiger partial charge is 0.375 e. The Bertz CT molecular complexity index is 511. The summed E-state index contributed by atoms with van der Waals surface area (Å²) < 4.78 is 19.3. The first kappa shape index (κ1) is 18.9. The fourth-order valence-corrected chi connectivity index (χ4v) is 2.55. The minimum atomic E-state index is -0.472. The van der Waals surface area contributed by atoms with Gasteiger partial charge < -0.3 is 15.4 Å². The van der Waals surface area contributed by atoms with Crippen LogP contribution < -0.4 is 10.6 Å². The number of hydrogen-bond acceptors (Lipinski definition) is 3. The van der Waals surface area contributed by atoms with Crippen LogP contribution in [0, 0.1) is 5.82 Å². The highest BCUT2D eigenvalue weighted by Crippen LogP contribution is 2.24. The molecule has 1 aromatic rings. The molecule has 1 saturated heterocycles. The van der Waals surface area contributed by atoms with Crippen LogP contribution in [0.4, 0.5) is 4.39 Å². The van der Waals surface area contributed by atoms with Crippen molar-refractivity contribution in [3.05, 3.63) is 35.6 Å². The molecule has 1 aliphatic rings. The van der Waals surface area contributed by atoms with E-state index in [0.717, 1.165) is 0 Å². The number of carbonyl (C=O) groups excluding carboxylic acids is 1. The van der Waals surface area contributed by atoms with E-state index in [4.69, 9.17) is 4.74 Å². The predicted octanol–water partition coefficient (Wildman–Crippen LogP) is 2.02. The van der Waals surface area contributed by atoms with E-state index < -0.39 is 5.41 Å². The zero-order valence-electron chi connectivity index (χ0n) is 13.2. The van der Waals surface area contributed by atoms with Gasteiger partial charge in [-0.3, -0.25) is 4.79 Å². The first-order valence-electron chi connectivity index (χ1n) is 7.29. The molecule has 1 fully saturated rings. The molecule has 1 aliphatic heterocycles. The number of amides is 1. The van der Waals surface area contributed by atoms with E-state index in [0.29, 0.717) is 25.3 Å². The van der Waals surface area contributed by atoms with Crippen LogP contribution >= 0.6 is 12.4 Å². The number of benzene rings is 1. The van der Waals surface area contributed by atoms with Crippen molar-refractivity contribution in [2.75, 3.05) is 19.7 Å². The summed E-state index contributed by atoms with van der Waals surface area (Å²) in [6.45, 7) is 7.36. The van der Waals surface area contributed by atoms with Crippen LogP contribution in [0.3, 0.4) is 0 Å².